The van der Waals surface area contributed by atoms with E-state index < -0.39 is 11.8 Å². The normalized spacial score (nSPS) is 10.7. The predicted molar refractivity (Wildman–Crippen MR) is 103 cm³/mol. The maximum atomic E-state index is 13.6. The van der Waals surface area contributed by atoms with E-state index in [1.165, 1.54) is 24.3 Å². The van der Waals surface area contributed by atoms with Crippen LogP contribution >= 0.6 is 11.6 Å². The summed E-state index contributed by atoms with van der Waals surface area (Å²) in [7, 11) is 0. The SMILES string of the molecule is O=C(C=Cc1ccc(OC(=O)c2ccccc2F)cc1)c1ccc(Cl)cc1. The number of esters is 1. The summed E-state index contributed by atoms with van der Waals surface area (Å²) in [5.74, 6) is -1.27. The quantitative estimate of drug-likeness (QED) is 0.250. The molecule has 0 saturated heterocycles. The zero-order valence-corrected chi connectivity index (χ0v) is 14.8. The van der Waals surface area contributed by atoms with Crippen molar-refractivity contribution in [2.24, 2.45) is 0 Å². The van der Waals surface area contributed by atoms with Gasteiger partial charge in [0.05, 0.1) is 5.56 Å². The molecule has 3 nitrogen and oxygen atoms in total. The number of ether oxygens (including phenoxy) is 1. The molecule has 0 radical (unpaired) electrons. The van der Waals surface area contributed by atoms with Crippen molar-refractivity contribution >= 4 is 29.4 Å². The first-order valence-electron chi connectivity index (χ1n) is 8.08. The van der Waals surface area contributed by atoms with E-state index in [2.05, 4.69) is 0 Å². The molecule has 0 heterocycles. The van der Waals surface area contributed by atoms with E-state index in [0.717, 1.165) is 5.56 Å². The van der Waals surface area contributed by atoms with Gasteiger partial charge < -0.3 is 4.74 Å². The summed E-state index contributed by atoms with van der Waals surface area (Å²) in [5, 5.41) is 0.566. The number of benzene rings is 3. The van der Waals surface area contributed by atoms with Gasteiger partial charge in [-0.1, -0.05) is 41.9 Å². The fraction of sp³-hybridized carbons (Fsp3) is 0. The molecule has 0 bridgehead atoms. The molecule has 0 spiro atoms. The first-order valence-corrected chi connectivity index (χ1v) is 8.45. The Morgan fingerprint density at radius 2 is 1.56 bits per heavy atom. The van der Waals surface area contributed by atoms with Gasteiger partial charge in [-0.2, -0.15) is 0 Å². The van der Waals surface area contributed by atoms with Crippen molar-refractivity contribution < 1.29 is 18.7 Å². The highest BCUT2D eigenvalue weighted by molar-refractivity contribution is 6.30. The van der Waals surface area contributed by atoms with Gasteiger partial charge in [0.1, 0.15) is 11.6 Å². The van der Waals surface area contributed by atoms with Crippen LogP contribution in [0, 0.1) is 5.82 Å². The lowest BCUT2D eigenvalue weighted by Crippen LogP contribution is -2.10. The standard InChI is InChI=1S/C22H14ClFO3/c23-17-10-8-16(9-11-17)21(25)14-7-15-5-12-18(13-6-15)27-22(26)19-3-1-2-4-20(19)24/h1-14H. The number of halogens is 2. The molecule has 0 aromatic heterocycles. The van der Waals surface area contributed by atoms with E-state index in [9.17, 15) is 14.0 Å². The Hall–Kier alpha value is -3.24. The van der Waals surface area contributed by atoms with Gasteiger partial charge in [0, 0.05) is 10.6 Å². The van der Waals surface area contributed by atoms with Gasteiger partial charge in [0.25, 0.3) is 0 Å². The van der Waals surface area contributed by atoms with Crippen molar-refractivity contribution in [1.29, 1.82) is 0 Å². The van der Waals surface area contributed by atoms with E-state index in [0.29, 0.717) is 10.6 Å². The number of rotatable bonds is 5. The van der Waals surface area contributed by atoms with Crippen LogP contribution in [-0.2, 0) is 0 Å². The van der Waals surface area contributed by atoms with Crippen molar-refractivity contribution in [2.45, 2.75) is 0 Å². The summed E-state index contributed by atoms with van der Waals surface area (Å²) in [6.45, 7) is 0. The molecule has 0 amide bonds. The van der Waals surface area contributed by atoms with Crippen LogP contribution < -0.4 is 4.74 Å². The number of hydrogen-bond acceptors (Lipinski definition) is 3. The van der Waals surface area contributed by atoms with Gasteiger partial charge in [0.2, 0.25) is 0 Å². The second kappa shape index (κ2) is 8.43. The minimum absolute atomic E-state index is 0.130. The average molecular weight is 381 g/mol. The number of hydrogen-bond donors (Lipinski definition) is 0. The topological polar surface area (TPSA) is 43.4 Å². The van der Waals surface area contributed by atoms with Gasteiger partial charge >= 0.3 is 5.97 Å². The minimum Gasteiger partial charge on any atom is -0.423 e. The van der Waals surface area contributed by atoms with E-state index in [1.54, 1.807) is 60.7 Å². The van der Waals surface area contributed by atoms with Crippen molar-refractivity contribution in [3.05, 3.63) is 106 Å². The molecule has 3 rings (SSSR count). The maximum Gasteiger partial charge on any atom is 0.346 e. The van der Waals surface area contributed by atoms with Crippen molar-refractivity contribution in [2.75, 3.05) is 0 Å². The van der Waals surface area contributed by atoms with Crippen LogP contribution in [-0.4, -0.2) is 11.8 Å². The molecular weight excluding hydrogens is 367 g/mol. The molecule has 5 heteroatoms. The fourth-order valence-electron chi connectivity index (χ4n) is 2.32. The number of carbonyl (C=O) groups is 2. The second-order valence-electron chi connectivity index (χ2n) is 5.64. The first kappa shape index (κ1) is 18.5. The van der Waals surface area contributed by atoms with Crippen LogP contribution in [0.3, 0.4) is 0 Å². The largest absolute Gasteiger partial charge is 0.423 e. The monoisotopic (exact) mass is 380 g/mol. The summed E-state index contributed by atoms with van der Waals surface area (Å²) in [6.07, 6.45) is 3.10. The lowest BCUT2D eigenvalue weighted by molar-refractivity contribution is 0.0729. The van der Waals surface area contributed by atoms with E-state index in [4.69, 9.17) is 16.3 Å². The third-order valence-corrected chi connectivity index (χ3v) is 3.99. The molecule has 0 unspecified atom stereocenters. The third kappa shape index (κ3) is 4.90. The Bertz CT molecular complexity index is 993. The van der Waals surface area contributed by atoms with Crippen molar-refractivity contribution in [1.82, 2.24) is 0 Å². The second-order valence-corrected chi connectivity index (χ2v) is 6.08. The summed E-state index contributed by atoms with van der Waals surface area (Å²) in [6, 6.07) is 18.8. The molecule has 3 aromatic carbocycles. The summed E-state index contributed by atoms with van der Waals surface area (Å²) >= 11 is 5.80. The first-order chi connectivity index (χ1) is 13.0. The van der Waals surface area contributed by atoms with Crippen LogP contribution in [0.1, 0.15) is 26.3 Å². The third-order valence-electron chi connectivity index (χ3n) is 3.74. The highest BCUT2D eigenvalue weighted by Gasteiger charge is 2.13. The molecule has 0 N–H and O–H groups in total. The maximum absolute atomic E-state index is 13.6. The molecule has 0 aliphatic heterocycles. The smallest absolute Gasteiger partial charge is 0.346 e. The molecular formula is C22H14ClFO3. The predicted octanol–water partition coefficient (Wildman–Crippen LogP) is 5.59. The Kier molecular flexibility index (Phi) is 5.79. The van der Waals surface area contributed by atoms with Crippen LogP contribution in [0.4, 0.5) is 4.39 Å². The lowest BCUT2D eigenvalue weighted by Gasteiger charge is -2.05. The molecule has 3 aromatic rings. The van der Waals surface area contributed by atoms with Crippen molar-refractivity contribution in [3.8, 4) is 5.75 Å². The molecule has 27 heavy (non-hydrogen) atoms. The lowest BCUT2D eigenvalue weighted by atomic mass is 10.1. The number of carbonyl (C=O) groups excluding carboxylic acids is 2. The molecule has 0 fully saturated rings. The van der Waals surface area contributed by atoms with Gasteiger partial charge in [-0.15, -0.1) is 0 Å². The average Bonchev–Trinajstić information content (AvgIpc) is 2.68. The minimum atomic E-state index is -0.769. The summed E-state index contributed by atoms with van der Waals surface area (Å²) in [5.41, 5.74) is 1.16. The molecule has 134 valence electrons. The van der Waals surface area contributed by atoms with Gasteiger partial charge in [-0.3, -0.25) is 4.79 Å². The van der Waals surface area contributed by atoms with Crippen LogP contribution in [0.15, 0.2) is 78.9 Å². The van der Waals surface area contributed by atoms with E-state index in [1.807, 2.05) is 0 Å². The highest BCUT2D eigenvalue weighted by atomic mass is 35.5. The fourth-order valence-corrected chi connectivity index (χ4v) is 2.44. The zero-order chi connectivity index (χ0) is 19.2. The Morgan fingerprint density at radius 1 is 0.889 bits per heavy atom. The van der Waals surface area contributed by atoms with Gasteiger partial charge in [0.15, 0.2) is 5.78 Å². The number of allylic oxidation sites excluding steroid dienone is 1. The Morgan fingerprint density at radius 3 is 2.22 bits per heavy atom. The van der Waals surface area contributed by atoms with Gasteiger partial charge in [-0.05, 0) is 60.2 Å². The van der Waals surface area contributed by atoms with Crippen LogP contribution in [0.2, 0.25) is 5.02 Å². The zero-order valence-electron chi connectivity index (χ0n) is 14.1. The molecule has 0 aliphatic carbocycles. The van der Waals surface area contributed by atoms with Crippen molar-refractivity contribution in [3.63, 3.8) is 0 Å². The summed E-state index contributed by atoms with van der Waals surface area (Å²) < 4.78 is 18.8. The van der Waals surface area contributed by atoms with Crippen LogP contribution in [0.5, 0.6) is 5.75 Å². The van der Waals surface area contributed by atoms with Crippen LogP contribution in [0.25, 0.3) is 6.08 Å². The Balaban J connectivity index is 1.65. The van der Waals surface area contributed by atoms with Gasteiger partial charge in [-0.25, -0.2) is 9.18 Å². The number of ketones is 1. The molecule has 0 atom stereocenters. The summed E-state index contributed by atoms with van der Waals surface area (Å²) in [4.78, 5) is 24.1. The molecule has 0 aliphatic rings. The van der Waals surface area contributed by atoms with E-state index >= 15 is 0 Å². The highest BCUT2D eigenvalue weighted by Crippen LogP contribution is 2.17. The molecule has 0 saturated carbocycles. The van der Waals surface area contributed by atoms with E-state index in [-0.39, 0.29) is 17.1 Å². The Labute approximate surface area is 160 Å².